The second-order valence-corrected chi connectivity index (χ2v) is 6.17. The Morgan fingerprint density at radius 1 is 1.39 bits per heavy atom. The normalized spacial score (nSPS) is 11.6. The van der Waals surface area contributed by atoms with Crippen molar-refractivity contribution in [3.05, 3.63) is 21.4 Å². The Balaban J connectivity index is 2.65. The van der Waals surface area contributed by atoms with Gasteiger partial charge in [0.1, 0.15) is 0 Å². The Morgan fingerprint density at radius 3 is 2.39 bits per heavy atom. The van der Waals surface area contributed by atoms with Gasteiger partial charge in [0.2, 0.25) is 5.91 Å². The van der Waals surface area contributed by atoms with E-state index in [1.165, 1.54) is 15.3 Å². The van der Waals surface area contributed by atoms with Gasteiger partial charge in [0.25, 0.3) is 0 Å². The lowest BCUT2D eigenvalue weighted by Crippen LogP contribution is -2.44. The van der Waals surface area contributed by atoms with Crippen LogP contribution >= 0.6 is 11.3 Å². The van der Waals surface area contributed by atoms with E-state index >= 15 is 0 Å². The molecular weight excluding hydrogens is 244 g/mol. The van der Waals surface area contributed by atoms with Crippen molar-refractivity contribution in [2.45, 2.75) is 47.1 Å². The van der Waals surface area contributed by atoms with E-state index in [2.05, 4.69) is 25.2 Å². The molecule has 1 aromatic rings. The molecule has 0 aliphatic heterocycles. The predicted octanol–water partition coefficient (Wildman–Crippen LogP) is 2.75. The molecule has 1 amide bonds. The smallest absolute Gasteiger partial charge is 0.227 e. The Kier molecular flexibility index (Phi) is 5.35. The van der Waals surface area contributed by atoms with Gasteiger partial charge in [-0.25, -0.2) is 0 Å². The molecule has 0 bridgehead atoms. The highest BCUT2D eigenvalue weighted by molar-refractivity contribution is 7.12. The predicted molar refractivity (Wildman–Crippen MR) is 77.7 cm³/mol. The van der Waals surface area contributed by atoms with Crippen LogP contribution in [0.3, 0.4) is 0 Å². The summed E-state index contributed by atoms with van der Waals surface area (Å²) in [4.78, 5) is 14.8. The quantitative estimate of drug-likeness (QED) is 0.833. The van der Waals surface area contributed by atoms with Crippen LogP contribution in [0.2, 0.25) is 0 Å². The van der Waals surface area contributed by atoms with E-state index in [9.17, 15) is 4.79 Å². The molecule has 102 valence electrons. The number of carbonyl (C=O) groups is 1. The molecule has 3 N–H and O–H groups in total. The van der Waals surface area contributed by atoms with Gasteiger partial charge >= 0.3 is 0 Å². The van der Waals surface area contributed by atoms with Crippen LogP contribution in [0.1, 0.15) is 42.0 Å². The number of thiophene rings is 1. The molecule has 0 unspecified atom stereocenters. The molecule has 0 aromatic carbocycles. The topological polar surface area (TPSA) is 55.1 Å². The Hall–Kier alpha value is -0.870. The molecule has 1 heterocycles. The van der Waals surface area contributed by atoms with E-state index in [4.69, 9.17) is 5.73 Å². The minimum Gasteiger partial charge on any atom is -0.351 e. The summed E-state index contributed by atoms with van der Waals surface area (Å²) in [5, 5.41) is 3.02. The van der Waals surface area contributed by atoms with E-state index < -0.39 is 5.41 Å². The number of nitrogens with one attached hydrogen (secondary N) is 1. The third kappa shape index (κ3) is 3.12. The molecule has 0 aliphatic rings. The third-order valence-electron chi connectivity index (χ3n) is 3.87. The summed E-state index contributed by atoms with van der Waals surface area (Å²) in [5.74, 6) is 0.0821. The van der Waals surface area contributed by atoms with Gasteiger partial charge in [-0.2, -0.15) is 0 Å². The fourth-order valence-electron chi connectivity index (χ4n) is 2.04. The van der Waals surface area contributed by atoms with Gasteiger partial charge in [0.05, 0.1) is 12.0 Å². The molecule has 0 atom stereocenters. The van der Waals surface area contributed by atoms with Crippen LogP contribution < -0.4 is 11.1 Å². The monoisotopic (exact) mass is 268 g/mol. The van der Waals surface area contributed by atoms with E-state index in [0.717, 1.165) is 12.8 Å². The number of hydrogen-bond donors (Lipinski definition) is 2. The Bertz CT molecular complexity index is 380. The van der Waals surface area contributed by atoms with Crippen LogP contribution in [0, 0.1) is 19.3 Å². The molecule has 0 spiro atoms. The van der Waals surface area contributed by atoms with Gasteiger partial charge in [-0.3, -0.25) is 4.79 Å². The third-order valence-corrected chi connectivity index (χ3v) is 5.02. The summed E-state index contributed by atoms with van der Waals surface area (Å²) in [6.07, 6.45) is 1.57. The molecule has 4 heteroatoms. The zero-order valence-electron chi connectivity index (χ0n) is 11.8. The number of aryl methyl sites for hydroxylation is 2. The molecule has 0 saturated carbocycles. The van der Waals surface area contributed by atoms with E-state index in [-0.39, 0.29) is 5.91 Å². The summed E-state index contributed by atoms with van der Waals surface area (Å²) >= 11 is 1.74. The summed E-state index contributed by atoms with van der Waals surface area (Å²) in [6.45, 7) is 9.27. The second kappa shape index (κ2) is 6.34. The Labute approximate surface area is 114 Å². The summed E-state index contributed by atoms with van der Waals surface area (Å²) in [7, 11) is 0. The van der Waals surface area contributed by atoms with Gasteiger partial charge < -0.3 is 11.1 Å². The average molecular weight is 268 g/mol. The van der Waals surface area contributed by atoms with E-state index in [1.807, 2.05) is 13.8 Å². The molecule has 18 heavy (non-hydrogen) atoms. The van der Waals surface area contributed by atoms with E-state index in [0.29, 0.717) is 13.1 Å². The average Bonchev–Trinajstić information content (AvgIpc) is 2.69. The number of rotatable bonds is 6. The minimum absolute atomic E-state index is 0.0821. The Morgan fingerprint density at radius 2 is 2.00 bits per heavy atom. The van der Waals surface area contributed by atoms with Crippen molar-refractivity contribution >= 4 is 17.2 Å². The van der Waals surface area contributed by atoms with Crippen molar-refractivity contribution in [3.8, 4) is 0 Å². The van der Waals surface area contributed by atoms with Gasteiger partial charge in [-0.1, -0.05) is 13.8 Å². The van der Waals surface area contributed by atoms with Gasteiger partial charge in [0.15, 0.2) is 0 Å². The maximum absolute atomic E-state index is 12.2. The number of amides is 1. The van der Waals surface area contributed by atoms with Crippen LogP contribution in [0.25, 0.3) is 0 Å². The highest BCUT2D eigenvalue weighted by Gasteiger charge is 2.32. The SMILES string of the molecule is CCC(CC)(CN)C(=O)NCc1cc(C)c(C)s1. The van der Waals surface area contributed by atoms with Crippen molar-refractivity contribution in [1.82, 2.24) is 5.32 Å². The first-order valence-electron chi connectivity index (χ1n) is 6.53. The fraction of sp³-hybridized carbons (Fsp3) is 0.643. The number of hydrogen-bond acceptors (Lipinski definition) is 3. The molecular formula is C14H24N2OS. The number of carbonyl (C=O) groups excluding carboxylic acids is 1. The van der Waals surface area contributed by atoms with Crippen molar-refractivity contribution in [2.75, 3.05) is 6.54 Å². The largest absolute Gasteiger partial charge is 0.351 e. The second-order valence-electron chi connectivity index (χ2n) is 4.83. The standard InChI is InChI=1S/C14H24N2OS/c1-5-14(6-2,9-15)13(17)16-8-12-7-10(3)11(4)18-12/h7H,5-6,8-9,15H2,1-4H3,(H,16,17). The zero-order valence-corrected chi connectivity index (χ0v) is 12.6. The molecule has 0 aliphatic carbocycles. The van der Waals surface area contributed by atoms with E-state index in [1.54, 1.807) is 11.3 Å². The lowest BCUT2D eigenvalue weighted by Gasteiger charge is -2.28. The minimum atomic E-state index is -0.401. The van der Waals surface area contributed by atoms with Crippen LogP contribution in [0.5, 0.6) is 0 Å². The molecule has 0 radical (unpaired) electrons. The fourth-order valence-corrected chi connectivity index (χ4v) is 3.04. The van der Waals surface area contributed by atoms with Gasteiger partial charge in [-0.05, 0) is 38.3 Å². The molecule has 0 fully saturated rings. The maximum Gasteiger partial charge on any atom is 0.227 e. The molecule has 1 aromatic heterocycles. The lowest BCUT2D eigenvalue weighted by atomic mass is 9.81. The van der Waals surface area contributed by atoms with Crippen molar-refractivity contribution < 1.29 is 4.79 Å². The molecule has 0 saturated heterocycles. The van der Waals surface area contributed by atoms with Crippen molar-refractivity contribution in [1.29, 1.82) is 0 Å². The summed E-state index contributed by atoms with van der Waals surface area (Å²) in [5.41, 5.74) is 6.66. The van der Waals surface area contributed by atoms with Gasteiger partial charge in [0, 0.05) is 16.3 Å². The van der Waals surface area contributed by atoms with Crippen LogP contribution in [-0.2, 0) is 11.3 Å². The van der Waals surface area contributed by atoms with Crippen molar-refractivity contribution in [3.63, 3.8) is 0 Å². The molecule has 1 rings (SSSR count). The first-order chi connectivity index (χ1) is 8.49. The lowest BCUT2D eigenvalue weighted by molar-refractivity contribution is -0.131. The number of nitrogens with two attached hydrogens (primary N) is 1. The van der Waals surface area contributed by atoms with Crippen LogP contribution in [-0.4, -0.2) is 12.5 Å². The summed E-state index contributed by atoms with van der Waals surface area (Å²) < 4.78 is 0. The first kappa shape index (κ1) is 15.2. The zero-order chi connectivity index (χ0) is 13.8. The van der Waals surface area contributed by atoms with Crippen molar-refractivity contribution in [2.24, 2.45) is 11.1 Å². The molecule has 3 nitrogen and oxygen atoms in total. The highest BCUT2D eigenvalue weighted by atomic mass is 32.1. The van der Waals surface area contributed by atoms with Crippen LogP contribution in [0.15, 0.2) is 6.07 Å². The van der Waals surface area contributed by atoms with Gasteiger partial charge in [-0.15, -0.1) is 11.3 Å². The van der Waals surface area contributed by atoms with Crippen LogP contribution in [0.4, 0.5) is 0 Å². The maximum atomic E-state index is 12.2. The summed E-state index contributed by atoms with van der Waals surface area (Å²) in [6, 6.07) is 2.14. The highest BCUT2D eigenvalue weighted by Crippen LogP contribution is 2.26. The first-order valence-corrected chi connectivity index (χ1v) is 7.35.